The van der Waals surface area contributed by atoms with E-state index in [-0.39, 0.29) is 10.0 Å². The molecule has 10 heteroatoms. The van der Waals surface area contributed by atoms with Crippen molar-refractivity contribution in [3.8, 4) is 11.1 Å². The average Bonchev–Trinajstić information content (AvgIpc) is 2.67. The first-order valence-corrected chi connectivity index (χ1v) is 10.1. The standard InChI is InChI=1S/C18H19N5O3S2/c1-13-12-17(26-2)20-23(19-13)21-18(27)22-28(24,25)16-11-7-6-10-15(16)14-8-4-3-5-9-14/h3-12,19H,1-2H3,(H2,21,22,27). The Labute approximate surface area is 168 Å². The molecule has 1 heterocycles. The number of nitrogens with zero attached hydrogens (tertiary/aromatic N) is 2. The van der Waals surface area contributed by atoms with Crippen LogP contribution in [0.4, 0.5) is 0 Å². The average molecular weight is 418 g/mol. The lowest BCUT2D eigenvalue weighted by molar-refractivity contribution is 0.170. The summed E-state index contributed by atoms with van der Waals surface area (Å²) in [6, 6.07) is 16.0. The van der Waals surface area contributed by atoms with Gasteiger partial charge in [-0.25, -0.2) is 13.8 Å². The van der Waals surface area contributed by atoms with E-state index in [0.29, 0.717) is 11.5 Å². The number of ether oxygens (including phenoxy) is 1. The van der Waals surface area contributed by atoms with E-state index in [9.17, 15) is 8.42 Å². The molecule has 146 valence electrons. The molecule has 0 unspecified atom stereocenters. The molecule has 0 aliphatic carbocycles. The summed E-state index contributed by atoms with van der Waals surface area (Å²) in [5, 5.41) is 5.09. The predicted molar refractivity (Wildman–Crippen MR) is 111 cm³/mol. The van der Waals surface area contributed by atoms with Crippen LogP contribution in [-0.2, 0) is 14.8 Å². The number of methoxy groups -OCH3 is 1. The van der Waals surface area contributed by atoms with E-state index >= 15 is 0 Å². The number of hydrazine groups is 2. The van der Waals surface area contributed by atoms with Crippen LogP contribution in [0.25, 0.3) is 11.1 Å². The molecule has 0 saturated carbocycles. The summed E-state index contributed by atoms with van der Waals surface area (Å²) in [6.45, 7) is 1.80. The van der Waals surface area contributed by atoms with Gasteiger partial charge in [0.2, 0.25) is 11.0 Å². The van der Waals surface area contributed by atoms with Crippen LogP contribution >= 0.6 is 12.2 Å². The van der Waals surface area contributed by atoms with Crippen molar-refractivity contribution < 1.29 is 13.2 Å². The monoisotopic (exact) mass is 417 g/mol. The Morgan fingerprint density at radius 3 is 2.54 bits per heavy atom. The number of benzene rings is 2. The van der Waals surface area contributed by atoms with Crippen LogP contribution in [0.2, 0.25) is 0 Å². The lowest BCUT2D eigenvalue weighted by Gasteiger charge is -2.26. The molecule has 0 bridgehead atoms. The molecular formula is C18H19N5O3S2. The van der Waals surface area contributed by atoms with Crippen molar-refractivity contribution in [2.45, 2.75) is 11.8 Å². The van der Waals surface area contributed by atoms with Crippen LogP contribution in [0.5, 0.6) is 0 Å². The van der Waals surface area contributed by atoms with E-state index in [1.54, 1.807) is 31.2 Å². The Hall–Kier alpha value is -3.11. The second-order valence-corrected chi connectivity index (χ2v) is 7.86. The van der Waals surface area contributed by atoms with Gasteiger partial charge in [-0.15, -0.1) is 5.23 Å². The zero-order chi connectivity index (χ0) is 20.1. The summed E-state index contributed by atoms with van der Waals surface area (Å²) in [5.41, 5.74) is 7.62. The molecule has 0 atom stereocenters. The number of hydrogen-bond donors (Lipinski definition) is 3. The van der Waals surface area contributed by atoms with Crippen molar-refractivity contribution in [3.05, 3.63) is 66.4 Å². The minimum Gasteiger partial charge on any atom is -0.480 e. The zero-order valence-corrected chi connectivity index (χ0v) is 16.8. The number of rotatable bonds is 4. The van der Waals surface area contributed by atoms with Gasteiger partial charge in [-0.2, -0.15) is 0 Å². The summed E-state index contributed by atoms with van der Waals surface area (Å²) < 4.78 is 33.3. The normalized spacial score (nSPS) is 13.7. The molecular weight excluding hydrogens is 398 g/mol. The van der Waals surface area contributed by atoms with Crippen LogP contribution in [0.3, 0.4) is 0 Å². The summed E-state index contributed by atoms with van der Waals surface area (Å²) in [5.74, 6) is 0.337. The minimum atomic E-state index is -3.92. The molecule has 8 nitrogen and oxygen atoms in total. The molecule has 3 N–H and O–H groups in total. The maximum absolute atomic E-state index is 12.9. The van der Waals surface area contributed by atoms with Gasteiger partial charge in [-0.1, -0.05) is 53.6 Å². The Morgan fingerprint density at radius 1 is 1.14 bits per heavy atom. The second-order valence-electron chi connectivity index (χ2n) is 5.80. The summed E-state index contributed by atoms with van der Waals surface area (Å²) in [7, 11) is -2.44. The summed E-state index contributed by atoms with van der Waals surface area (Å²) in [4.78, 5) is 0.120. The van der Waals surface area contributed by atoms with Crippen molar-refractivity contribution in [1.29, 1.82) is 0 Å². The van der Waals surface area contributed by atoms with E-state index < -0.39 is 10.0 Å². The third-order valence-electron chi connectivity index (χ3n) is 3.73. The molecule has 1 aliphatic rings. The third kappa shape index (κ3) is 4.59. The number of nitrogens with one attached hydrogen (secondary N) is 3. The van der Waals surface area contributed by atoms with Gasteiger partial charge in [0, 0.05) is 17.3 Å². The van der Waals surface area contributed by atoms with Crippen LogP contribution < -0.4 is 15.6 Å². The molecule has 0 amide bonds. The maximum Gasteiger partial charge on any atom is 0.264 e. The highest BCUT2D eigenvalue weighted by atomic mass is 32.2. The maximum atomic E-state index is 12.9. The van der Waals surface area contributed by atoms with Gasteiger partial charge in [-0.05, 0) is 30.8 Å². The first kappa shape index (κ1) is 19.6. The molecule has 0 radical (unpaired) electrons. The number of allylic oxidation sites excluding steroid dienone is 1. The Balaban J connectivity index is 1.79. The largest absolute Gasteiger partial charge is 0.480 e. The Kier molecular flexibility index (Phi) is 5.81. The first-order valence-electron chi connectivity index (χ1n) is 8.24. The topological polar surface area (TPSA) is 95.1 Å². The molecule has 1 aliphatic heterocycles. The van der Waals surface area contributed by atoms with Gasteiger partial charge in [0.25, 0.3) is 10.0 Å². The van der Waals surface area contributed by atoms with E-state index in [0.717, 1.165) is 11.3 Å². The highest BCUT2D eigenvalue weighted by Crippen LogP contribution is 2.26. The smallest absolute Gasteiger partial charge is 0.264 e. The molecule has 0 spiro atoms. The fourth-order valence-electron chi connectivity index (χ4n) is 2.54. The summed E-state index contributed by atoms with van der Waals surface area (Å²) >= 11 is 5.14. The molecule has 28 heavy (non-hydrogen) atoms. The van der Waals surface area contributed by atoms with E-state index in [1.807, 2.05) is 30.3 Å². The third-order valence-corrected chi connectivity index (χ3v) is 5.46. The molecule has 0 fully saturated rings. The van der Waals surface area contributed by atoms with Crippen molar-refractivity contribution >= 4 is 33.3 Å². The molecule has 3 rings (SSSR count). The van der Waals surface area contributed by atoms with E-state index in [1.165, 1.54) is 18.4 Å². The predicted octanol–water partition coefficient (Wildman–Crippen LogP) is 2.11. The van der Waals surface area contributed by atoms with Crippen molar-refractivity contribution in [2.75, 3.05) is 7.11 Å². The zero-order valence-electron chi connectivity index (χ0n) is 15.2. The summed E-state index contributed by atoms with van der Waals surface area (Å²) in [6.07, 6.45) is 1.68. The fourth-order valence-corrected chi connectivity index (χ4v) is 4.09. The van der Waals surface area contributed by atoms with Gasteiger partial charge in [0.15, 0.2) is 0 Å². The molecule has 2 aromatic rings. The van der Waals surface area contributed by atoms with Crippen LogP contribution in [0, 0.1) is 0 Å². The van der Waals surface area contributed by atoms with Crippen molar-refractivity contribution in [3.63, 3.8) is 0 Å². The lowest BCUT2D eigenvalue weighted by Crippen LogP contribution is -2.52. The number of hydrogen-bond acceptors (Lipinski definition) is 7. The quantitative estimate of drug-likeness (QED) is 0.656. The van der Waals surface area contributed by atoms with E-state index in [4.69, 9.17) is 17.0 Å². The number of sulfonamides is 1. The molecule has 2 aromatic carbocycles. The fraction of sp³-hybridized carbons (Fsp3) is 0.111. The van der Waals surface area contributed by atoms with Crippen LogP contribution in [0.15, 0.2) is 76.4 Å². The molecule has 0 saturated heterocycles. The van der Waals surface area contributed by atoms with Gasteiger partial charge in [-0.3, -0.25) is 10.1 Å². The first-order chi connectivity index (χ1) is 13.4. The van der Waals surface area contributed by atoms with Gasteiger partial charge < -0.3 is 4.74 Å². The highest BCUT2D eigenvalue weighted by Gasteiger charge is 2.21. The van der Waals surface area contributed by atoms with Gasteiger partial charge in [0.1, 0.15) is 0 Å². The lowest BCUT2D eigenvalue weighted by atomic mass is 10.1. The Morgan fingerprint density at radius 2 is 1.82 bits per heavy atom. The van der Waals surface area contributed by atoms with E-state index in [2.05, 4.69) is 20.7 Å². The van der Waals surface area contributed by atoms with Crippen molar-refractivity contribution in [2.24, 2.45) is 5.10 Å². The molecule has 0 aromatic heterocycles. The minimum absolute atomic E-state index is 0.120. The number of hydrazone groups is 1. The van der Waals surface area contributed by atoms with Crippen LogP contribution in [-0.4, -0.2) is 31.8 Å². The number of thiocarbonyl (C=S) groups is 1. The van der Waals surface area contributed by atoms with Gasteiger partial charge in [0.05, 0.1) is 12.0 Å². The SMILES string of the molecule is COC1=NN(NC(=S)NS(=O)(=O)c2ccccc2-c2ccccc2)NC(C)=C1. The Bertz CT molecular complexity index is 1040. The highest BCUT2D eigenvalue weighted by molar-refractivity contribution is 7.92. The van der Waals surface area contributed by atoms with Crippen molar-refractivity contribution in [1.82, 2.24) is 20.8 Å². The van der Waals surface area contributed by atoms with Gasteiger partial charge >= 0.3 is 0 Å². The van der Waals surface area contributed by atoms with Crippen LogP contribution in [0.1, 0.15) is 6.92 Å². The second kappa shape index (κ2) is 8.28.